The highest BCUT2D eigenvalue weighted by atomic mass is 19.4. The SMILES string of the molecule is FC(F)(F)c1ccccc1Oc1nc2c3cccnc3c3ncccc3c2[nH]1. The van der Waals surface area contributed by atoms with E-state index >= 15 is 0 Å². The number of rotatable bonds is 2. The molecule has 5 nitrogen and oxygen atoms in total. The number of fused-ring (bicyclic) bond motifs is 6. The molecule has 2 aromatic carbocycles. The van der Waals surface area contributed by atoms with Crippen molar-refractivity contribution in [3.8, 4) is 11.8 Å². The van der Waals surface area contributed by atoms with E-state index in [4.69, 9.17) is 4.74 Å². The Balaban J connectivity index is 1.74. The van der Waals surface area contributed by atoms with Crippen LogP contribution in [0, 0.1) is 0 Å². The lowest BCUT2D eigenvalue weighted by molar-refractivity contribution is -0.138. The lowest BCUT2D eigenvalue weighted by Gasteiger charge is -2.11. The summed E-state index contributed by atoms with van der Waals surface area (Å²) < 4.78 is 45.2. The van der Waals surface area contributed by atoms with Gasteiger partial charge in [0.15, 0.2) is 0 Å². The van der Waals surface area contributed by atoms with E-state index in [9.17, 15) is 13.2 Å². The molecule has 0 atom stereocenters. The second kappa shape index (κ2) is 5.91. The maximum absolute atomic E-state index is 13.2. The Bertz CT molecular complexity index is 1270. The van der Waals surface area contributed by atoms with Gasteiger partial charge < -0.3 is 9.72 Å². The molecule has 0 unspecified atom stereocenters. The Hall–Kier alpha value is -3.68. The third-order valence-electron chi connectivity index (χ3n) is 4.45. The highest BCUT2D eigenvalue weighted by Crippen LogP contribution is 2.38. The highest BCUT2D eigenvalue weighted by Gasteiger charge is 2.34. The van der Waals surface area contributed by atoms with Crippen molar-refractivity contribution in [2.45, 2.75) is 6.18 Å². The van der Waals surface area contributed by atoms with Crippen molar-refractivity contribution in [3.63, 3.8) is 0 Å². The zero-order valence-electron chi connectivity index (χ0n) is 14.2. The molecule has 0 aliphatic heterocycles. The molecule has 0 spiro atoms. The zero-order chi connectivity index (χ0) is 19.3. The maximum atomic E-state index is 13.2. The van der Waals surface area contributed by atoms with Gasteiger partial charge in [-0.05, 0) is 36.4 Å². The van der Waals surface area contributed by atoms with Crippen LogP contribution in [-0.2, 0) is 6.18 Å². The van der Waals surface area contributed by atoms with Gasteiger partial charge in [-0.1, -0.05) is 12.1 Å². The third-order valence-corrected chi connectivity index (χ3v) is 4.45. The number of benzene rings is 2. The number of aromatic amines is 1. The fourth-order valence-electron chi connectivity index (χ4n) is 3.26. The predicted octanol–water partition coefficient (Wildman–Crippen LogP) is 5.47. The van der Waals surface area contributed by atoms with Crippen LogP contribution >= 0.6 is 0 Å². The molecule has 0 radical (unpaired) electrons. The van der Waals surface area contributed by atoms with Crippen molar-refractivity contribution in [3.05, 3.63) is 66.5 Å². The summed E-state index contributed by atoms with van der Waals surface area (Å²) in [7, 11) is 0. The molecule has 0 saturated carbocycles. The summed E-state index contributed by atoms with van der Waals surface area (Å²) in [5, 5.41) is 1.49. The number of halogens is 3. The first kappa shape index (κ1) is 16.5. The fourth-order valence-corrected chi connectivity index (χ4v) is 3.26. The molecular formula is C20H11F3N4O. The van der Waals surface area contributed by atoms with Crippen LogP contribution in [0.5, 0.6) is 11.8 Å². The van der Waals surface area contributed by atoms with Crippen LogP contribution in [0.25, 0.3) is 32.8 Å². The first-order chi connectivity index (χ1) is 13.5. The largest absolute Gasteiger partial charge is 0.425 e. The molecular weight excluding hydrogens is 369 g/mol. The predicted molar refractivity (Wildman–Crippen MR) is 98.2 cm³/mol. The number of hydrogen-bond acceptors (Lipinski definition) is 4. The summed E-state index contributed by atoms with van der Waals surface area (Å²) in [6.45, 7) is 0. The van der Waals surface area contributed by atoms with Crippen molar-refractivity contribution >= 4 is 32.8 Å². The number of para-hydroxylation sites is 1. The van der Waals surface area contributed by atoms with Crippen LogP contribution in [0.2, 0.25) is 0 Å². The minimum Gasteiger partial charge on any atom is -0.425 e. The van der Waals surface area contributed by atoms with E-state index in [1.165, 1.54) is 18.2 Å². The number of ether oxygens (including phenoxy) is 1. The molecule has 1 N–H and O–H groups in total. The van der Waals surface area contributed by atoms with Gasteiger partial charge in [-0.3, -0.25) is 9.97 Å². The fraction of sp³-hybridized carbons (Fsp3) is 0.0500. The molecule has 5 rings (SSSR count). The van der Waals surface area contributed by atoms with E-state index in [1.807, 2.05) is 12.1 Å². The number of alkyl halides is 3. The molecule has 8 heteroatoms. The molecule has 0 aliphatic carbocycles. The quantitative estimate of drug-likeness (QED) is 0.413. The molecule has 0 aliphatic rings. The highest BCUT2D eigenvalue weighted by molar-refractivity contribution is 6.20. The van der Waals surface area contributed by atoms with Crippen LogP contribution in [-0.4, -0.2) is 19.9 Å². The summed E-state index contributed by atoms with van der Waals surface area (Å²) in [5.74, 6) is -0.320. The van der Waals surface area contributed by atoms with Crippen LogP contribution in [0.3, 0.4) is 0 Å². The number of hydrogen-bond donors (Lipinski definition) is 1. The van der Waals surface area contributed by atoms with Gasteiger partial charge in [-0.15, -0.1) is 0 Å². The molecule has 5 aromatic rings. The number of pyridine rings is 2. The molecule has 138 valence electrons. The molecule has 28 heavy (non-hydrogen) atoms. The monoisotopic (exact) mass is 380 g/mol. The molecule has 0 amide bonds. The maximum Gasteiger partial charge on any atom is 0.419 e. The number of nitrogens with one attached hydrogen (secondary N) is 1. The van der Waals surface area contributed by atoms with Gasteiger partial charge in [0, 0.05) is 23.2 Å². The topological polar surface area (TPSA) is 63.7 Å². The van der Waals surface area contributed by atoms with Crippen molar-refractivity contribution in [2.75, 3.05) is 0 Å². The zero-order valence-corrected chi connectivity index (χ0v) is 14.2. The normalized spacial score (nSPS) is 12.1. The standard InChI is InChI=1S/C20H11F3N4O/c21-20(22,23)13-7-1-2-8-14(13)28-19-26-17-11-5-3-9-24-15(11)16-12(18(17)27-19)6-4-10-25-16/h1-10H,(H,26,27). The Morgan fingerprint density at radius 1 is 0.786 bits per heavy atom. The summed E-state index contributed by atoms with van der Waals surface area (Å²) >= 11 is 0. The van der Waals surface area contributed by atoms with E-state index in [1.54, 1.807) is 24.5 Å². The average Bonchev–Trinajstić information content (AvgIpc) is 3.12. The lowest BCUT2D eigenvalue weighted by Crippen LogP contribution is -2.07. The average molecular weight is 380 g/mol. The molecule has 3 heterocycles. The molecule has 0 saturated heterocycles. The van der Waals surface area contributed by atoms with Gasteiger partial charge in [0.25, 0.3) is 6.01 Å². The lowest BCUT2D eigenvalue weighted by atomic mass is 10.1. The van der Waals surface area contributed by atoms with E-state index in [0.29, 0.717) is 22.1 Å². The van der Waals surface area contributed by atoms with Gasteiger partial charge >= 0.3 is 6.18 Å². The van der Waals surface area contributed by atoms with Crippen molar-refractivity contribution < 1.29 is 17.9 Å². The van der Waals surface area contributed by atoms with Crippen molar-refractivity contribution in [1.29, 1.82) is 0 Å². The van der Waals surface area contributed by atoms with Crippen LogP contribution in [0.1, 0.15) is 5.56 Å². The van der Waals surface area contributed by atoms with Gasteiger partial charge in [-0.2, -0.15) is 18.2 Å². The van der Waals surface area contributed by atoms with Gasteiger partial charge in [0.05, 0.1) is 22.1 Å². The summed E-state index contributed by atoms with van der Waals surface area (Å²) in [4.78, 5) is 16.2. The molecule has 0 fully saturated rings. The first-order valence-corrected chi connectivity index (χ1v) is 8.37. The second-order valence-corrected chi connectivity index (χ2v) is 6.16. The Labute approximate surface area is 155 Å². The smallest absolute Gasteiger partial charge is 0.419 e. The van der Waals surface area contributed by atoms with Crippen LogP contribution in [0.4, 0.5) is 13.2 Å². The van der Waals surface area contributed by atoms with Crippen LogP contribution in [0.15, 0.2) is 60.9 Å². The second-order valence-electron chi connectivity index (χ2n) is 6.16. The van der Waals surface area contributed by atoms with E-state index in [-0.39, 0.29) is 11.8 Å². The van der Waals surface area contributed by atoms with Gasteiger partial charge in [-0.25, -0.2) is 0 Å². The number of aromatic nitrogens is 4. The van der Waals surface area contributed by atoms with E-state index in [0.717, 1.165) is 16.8 Å². The van der Waals surface area contributed by atoms with Gasteiger partial charge in [0.2, 0.25) is 0 Å². The first-order valence-electron chi connectivity index (χ1n) is 8.37. The minimum absolute atomic E-state index is 0.0341. The number of nitrogens with zero attached hydrogens (tertiary/aromatic N) is 3. The minimum atomic E-state index is -4.53. The summed E-state index contributed by atoms with van der Waals surface area (Å²) in [6, 6.07) is 12.2. The third kappa shape index (κ3) is 2.53. The Morgan fingerprint density at radius 3 is 2.21 bits per heavy atom. The summed E-state index contributed by atoms with van der Waals surface area (Å²) in [5.41, 5.74) is 1.66. The van der Waals surface area contributed by atoms with Crippen LogP contribution < -0.4 is 4.74 Å². The van der Waals surface area contributed by atoms with Crippen molar-refractivity contribution in [1.82, 2.24) is 19.9 Å². The Kier molecular flexibility index (Phi) is 3.48. The molecule has 3 aromatic heterocycles. The van der Waals surface area contributed by atoms with Crippen molar-refractivity contribution in [2.24, 2.45) is 0 Å². The Morgan fingerprint density at radius 2 is 1.46 bits per heavy atom. The van der Waals surface area contributed by atoms with E-state index < -0.39 is 11.7 Å². The molecule has 0 bridgehead atoms. The number of H-pyrrole nitrogens is 1. The summed E-state index contributed by atoms with van der Waals surface area (Å²) in [6.07, 6.45) is -1.21. The number of imidazole rings is 1. The van der Waals surface area contributed by atoms with Gasteiger partial charge in [0.1, 0.15) is 11.3 Å². The van der Waals surface area contributed by atoms with E-state index in [2.05, 4.69) is 19.9 Å².